The molecule has 29 heavy (non-hydrogen) atoms. The lowest BCUT2D eigenvalue weighted by atomic mass is 10.0. The minimum absolute atomic E-state index is 0.0383. The average Bonchev–Trinajstić information content (AvgIpc) is 3.41. The number of hydrogen-bond donors (Lipinski definition) is 2. The van der Waals surface area contributed by atoms with Crippen molar-refractivity contribution in [2.45, 2.75) is 38.1 Å². The van der Waals surface area contributed by atoms with Gasteiger partial charge >= 0.3 is 5.97 Å². The average molecular weight is 395 g/mol. The van der Waals surface area contributed by atoms with Gasteiger partial charge in [-0.3, -0.25) is 14.3 Å². The Labute approximate surface area is 166 Å². The summed E-state index contributed by atoms with van der Waals surface area (Å²) in [4.78, 5) is 27.4. The minimum Gasteiger partial charge on any atom is -0.481 e. The van der Waals surface area contributed by atoms with Gasteiger partial charge in [0, 0.05) is 31.6 Å². The summed E-state index contributed by atoms with van der Waals surface area (Å²) in [6.45, 7) is 0. The zero-order valence-electron chi connectivity index (χ0n) is 16.0. The summed E-state index contributed by atoms with van der Waals surface area (Å²) in [6.07, 6.45) is 5.90. The molecule has 0 unspecified atom stereocenters. The Morgan fingerprint density at radius 2 is 2.24 bits per heavy atom. The van der Waals surface area contributed by atoms with Crippen molar-refractivity contribution < 1.29 is 19.2 Å². The number of aliphatic carboxylic acids is 1. The monoisotopic (exact) mass is 395 g/mol. The van der Waals surface area contributed by atoms with Crippen molar-refractivity contribution in [2.75, 3.05) is 0 Å². The third kappa shape index (κ3) is 4.18. The number of nitrogens with one attached hydrogen (secondary N) is 1. The highest BCUT2D eigenvalue weighted by atomic mass is 16.5. The molecule has 3 aromatic rings. The molecule has 2 N–H and O–H groups in total. The molecule has 2 aromatic heterocycles. The Hall–Kier alpha value is -3.49. The second kappa shape index (κ2) is 7.86. The van der Waals surface area contributed by atoms with Crippen LogP contribution in [0.3, 0.4) is 0 Å². The molecule has 1 atom stereocenters. The van der Waals surface area contributed by atoms with E-state index in [2.05, 4.69) is 20.6 Å². The first-order chi connectivity index (χ1) is 14.0. The van der Waals surface area contributed by atoms with Crippen LogP contribution < -0.4 is 5.32 Å². The van der Waals surface area contributed by atoms with Crippen LogP contribution in [0, 0.1) is 0 Å². The molecule has 1 amide bonds. The largest absolute Gasteiger partial charge is 0.481 e. The molecule has 0 aliphatic heterocycles. The predicted octanol–water partition coefficient (Wildman–Crippen LogP) is 2.29. The van der Waals surface area contributed by atoms with Crippen molar-refractivity contribution in [3.05, 3.63) is 53.2 Å². The zero-order valence-corrected chi connectivity index (χ0v) is 16.0. The number of aryl methyl sites for hydroxylation is 3. The fourth-order valence-corrected chi connectivity index (χ4v) is 3.55. The maximum atomic E-state index is 12.4. The summed E-state index contributed by atoms with van der Waals surface area (Å²) < 4.78 is 6.83. The standard InChI is InChI=1S/C20H21N5O4/c1-25-11-14(10-21-25)20(28)22-16-8-6-12-9-13(5-7-15(12)16)19-23-17(29-24-19)3-2-4-18(26)27/h5,7,9-11,16H,2-4,6,8H2,1H3,(H,22,28)(H,26,27)/t16-/m1/s1. The number of nitrogens with zero attached hydrogens (tertiary/aromatic N) is 4. The lowest BCUT2D eigenvalue weighted by molar-refractivity contribution is -0.137. The molecule has 0 saturated carbocycles. The zero-order chi connectivity index (χ0) is 20.4. The number of aromatic nitrogens is 4. The highest BCUT2D eigenvalue weighted by Gasteiger charge is 2.25. The summed E-state index contributed by atoms with van der Waals surface area (Å²) in [5, 5.41) is 19.8. The van der Waals surface area contributed by atoms with Crippen LogP contribution in [0.4, 0.5) is 0 Å². The minimum atomic E-state index is -0.839. The second-order valence-electron chi connectivity index (χ2n) is 7.14. The molecule has 0 radical (unpaired) electrons. The van der Waals surface area contributed by atoms with Gasteiger partial charge < -0.3 is 14.9 Å². The fourth-order valence-electron chi connectivity index (χ4n) is 3.55. The Kier molecular flexibility index (Phi) is 5.11. The van der Waals surface area contributed by atoms with Crippen molar-refractivity contribution in [3.63, 3.8) is 0 Å². The van der Waals surface area contributed by atoms with Crippen molar-refractivity contribution in [1.82, 2.24) is 25.2 Å². The molecule has 150 valence electrons. The number of fused-ring (bicyclic) bond motifs is 1. The number of carbonyl (C=O) groups is 2. The molecule has 1 aliphatic rings. The molecular weight excluding hydrogens is 374 g/mol. The number of amides is 1. The number of rotatable bonds is 7. The van der Waals surface area contributed by atoms with Crippen LogP contribution in [0.15, 0.2) is 35.1 Å². The Balaban J connectivity index is 1.44. The fraction of sp³-hybridized carbons (Fsp3) is 0.350. The van der Waals surface area contributed by atoms with Crippen LogP contribution in [0.5, 0.6) is 0 Å². The molecule has 9 heteroatoms. The van der Waals surface area contributed by atoms with Crippen molar-refractivity contribution in [1.29, 1.82) is 0 Å². The van der Waals surface area contributed by atoms with Crippen LogP contribution in [0.1, 0.15) is 52.7 Å². The number of benzene rings is 1. The van der Waals surface area contributed by atoms with E-state index >= 15 is 0 Å². The van der Waals surface area contributed by atoms with E-state index in [-0.39, 0.29) is 18.4 Å². The van der Waals surface area contributed by atoms with Gasteiger partial charge in [0.25, 0.3) is 5.91 Å². The first-order valence-electron chi connectivity index (χ1n) is 9.46. The van der Waals surface area contributed by atoms with Gasteiger partial charge in [0.2, 0.25) is 11.7 Å². The molecule has 0 saturated heterocycles. The quantitative estimate of drug-likeness (QED) is 0.629. The van der Waals surface area contributed by atoms with Gasteiger partial charge in [-0.05, 0) is 36.5 Å². The lowest BCUT2D eigenvalue weighted by Gasteiger charge is -2.13. The Bertz CT molecular complexity index is 1050. The van der Waals surface area contributed by atoms with E-state index in [0.29, 0.717) is 30.1 Å². The third-order valence-electron chi connectivity index (χ3n) is 5.00. The molecule has 0 bridgehead atoms. The summed E-state index contributed by atoms with van der Waals surface area (Å²) >= 11 is 0. The second-order valence-corrected chi connectivity index (χ2v) is 7.14. The van der Waals surface area contributed by atoms with E-state index in [0.717, 1.165) is 29.5 Å². The van der Waals surface area contributed by atoms with Gasteiger partial charge in [-0.15, -0.1) is 0 Å². The maximum absolute atomic E-state index is 12.4. The van der Waals surface area contributed by atoms with E-state index in [1.165, 1.54) is 0 Å². The number of carboxylic acid groups (broad SMARTS) is 1. The van der Waals surface area contributed by atoms with Crippen molar-refractivity contribution in [3.8, 4) is 11.4 Å². The van der Waals surface area contributed by atoms with Crippen LogP contribution in [-0.2, 0) is 24.7 Å². The van der Waals surface area contributed by atoms with Crippen LogP contribution >= 0.6 is 0 Å². The summed E-state index contributed by atoms with van der Waals surface area (Å²) in [6, 6.07) is 5.90. The molecule has 2 heterocycles. The molecule has 4 rings (SSSR count). The first kappa shape index (κ1) is 18.9. The van der Waals surface area contributed by atoms with Gasteiger partial charge in [-0.25, -0.2) is 0 Å². The van der Waals surface area contributed by atoms with E-state index < -0.39 is 5.97 Å². The van der Waals surface area contributed by atoms with Gasteiger partial charge in [-0.1, -0.05) is 17.3 Å². The highest BCUT2D eigenvalue weighted by Crippen LogP contribution is 2.34. The first-order valence-corrected chi connectivity index (χ1v) is 9.46. The molecule has 1 aliphatic carbocycles. The Morgan fingerprint density at radius 1 is 1.38 bits per heavy atom. The predicted molar refractivity (Wildman–Crippen MR) is 102 cm³/mol. The summed E-state index contributed by atoms with van der Waals surface area (Å²) in [5.41, 5.74) is 3.63. The SMILES string of the molecule is Cn1cc(C(=O)N[C@@H]2CCc3cc(-c4noc(CCCC(=O)O)n4)ccc32)cn1. The Morgan fingerprint density at radius 3 is 3.00 bits per heavy atom. The van der Waals surface area contributed by atoms with Gasteiger partial charge in [0.15, 0.2) is 0 Å². The van der Waals surface area contributed by atoms with Crippen LogP contribution in [0.25, 0.3) is 11.4 Å². The van der Waals surface area contributed by atoms with E-state index in [1.807, 2.05) is 18.2 Å². The van der Waals surface area contributed by atoms with Gasteiger partial charge in [0.05, 0.1) is 17.8 Å². The van der Waals surface area contributed by atoms with E-state index in [9.17, 15) is 9.59 Å². The molecule has 1 aromatic carbocycles. The number of carboxylic acids is 1. The smallest absolute Gasteiger partial charge is 0.303 e. The lowest BCUT2D eigenvalue weighted by Crippen LogP contribution is -2.26. The van der Waals surface area contributed by atoms with E-state index in [1.54, 1.807) is 24.1 Å². The normalized spacial score (nSPS) is 15.3. The third-order valence-corrected chi connectivity index (χ3v) is 5.00. The van der Waals surface area contributed by atoms with Crippen LogP contribution in [-0.4, -0.2) is 36.9 Å². The van der Waals surface area contributed by atoms with Gasteiger partial charge in [0.1, 0.15) is 0 Å². The van der Waals surface area contributed by atoms with E-state index in [4.69, 9.17) is 9.63 Å². The number of hydrogen-bond acceptors (Lipinski definition) is 6. The molecule has 9 nitrogen and oxygen atoms in total. The maximum Gasteiger partial charge on any atom is 0.303 e. The molecular formula is C20H21N5O4. The van der Waals surface area contributed by atoms with Crippen molar-refractivity contribution in [2.24, 2.45) is 7.05 Å². The van der Waals surface area contributed by atoms with Crippen LogP contribution in [0.2, 0.25) is 0 Å². The molecule has 0 fully saturated rings. The highest BCUT2D eigenvalue weighted by molar-refractivity contribution is 5.94. The summed E-state index contributed by atoms with van der Waals surface area (Å²) in [7, 11) is 1.78. The summed E-state index contributed by atoms with van der Waals surface area (Å²) in [5.74, 6) is -0.0536. The number of carbonyl (C=O) groups excluding carboxylic acids is 1. The molecule has 0 spiro atoms. The van der Waals surface area contributed by atoms with Gasteiger partial charge in [-0.2, -0.15) is 10.1 Å². The van der Waals surface area contributed by atoms with Crippen molar-refractivity contribution >= 4 is 11.9 Å². The topological polar surface area (TPSA) is 123 Å².